The van der Waals surface area contributed by atoms with Crippen LogP contribution in [0.2, 0.25) is 0 Å². The third kappa shape index (κ3) is 3.89. The molecule has 0 atom stereocenters. The third-order valence-corrected chi connectivity index (χ3v) is 7.06. The van der Waals surface area contributed by atoms with Crippen molar-refractivity contribution in [2.45, 2.75) is 33.1 Å². The maximum Gasteiger partial charge on any atom is 0.145 e. The number of aryl methyl sites for hydroxylation is 1. The zero-order valence-corrected chi connectivity index (χ0v) is 21.2. The number of benzene rings is 4. The Balaban J connectivity index is 1.47. The average molecular weight is 468 g/mol. The summed E-state index contributed by atoms with van der Waals surface area (Å²) in [6.07, 6.45) is 1.89. The molecule has 2 aromatic heterocycles. The Bertz CT molecular complexity index is 1700. The SMILES string of the molecule is Cc1ccc(-c2cc(-c3ccc(C(C)(C)C)cc3)ccn2)c2oc3cc(-c4ccccc4)ccc3c12. The highest BCUT2D eigenvalue weighted by molar-refractivity contribution is 6.11. The monoisotopic (exact) mass is 467 g/mol. The largest absolute Gasteiger partial charge is 0.455 e. The first-order valence-electron chi connectivity index (χ1n) is 12.5. The molecule has 0 unspecified atom stereocenters. The molecule has 4 aromatic carbocycles. The van der Waals surface area contributed by atoms with Crippen LogP contribution in [0.3, 0.4) is 0 Å². The van der Waals surface area contributed by atoms with E-state index < -0.39 is 0 Å². The number of hydrogen-bond donors (Lipinski definition) is 0. The number of nitrogens with zero attached hydrogens (tertiary/aromatic N) is 1. The van der Waals surface area contributed by atoms with Gasteiger partial charge < -0.3 is 4.42 Å². The molecule has 0 amide bonds. The maximum atomic E-state index is 6.54. The average Bonchev–Trinajstić information content (AvgIpc) is 3.29. The first kappa shape index (κ1) is 22.3. The van der Waals surface area contributed by atoms with Gasteiger partial charge in [-0.2, -0.15) is 0 Å². The Morgan fingerprint density at radius 2 is 1.36 bits per heavy atom. The highest BCUT2D eigenvalue weighted by Crippen LogP contribution is 2.39. The van der Waals surface area contributed by atoms with Crippen molar-refractivity contribution in [3.63, 3.8) is 0 Å². The Morgan fingerprint density at radius 3 is 2.11 bits per heavy atom. The summed E-state index contributed by atoms with van der Waals surface area (Å²) in [6, 6.07) is 34.3. The van der Waals surface area contributed by atoms with E-state index in [-0.39, 0.29) is 5.41 Å². The second-order valence-corrected chi connectivity index (χ2v) is 10.6. The summed E-state index contributed by atoms with van der Waals surface area (Å²) < 4.78 is 6.54. The van der Waals surface area contributed by atoms with Crippen molar-refractivity contribution >= 4 is 21.9 Å². The molecule has 0 aliphatic carbocycles. The predicted molar refractivity (Wildman–Crippen MR) is 151 cm³/mol. The van der Waals surface area contributed by atoms with Crippen molar-refractivity contribution in [3.05, 3.63) is 114 Å². The lowest BCUT2D eigenvalue weighted by atomic mass is 9.86. The number of fused-ring (bicyclic) bond motifs is 3. The summed E-state index contributed by atoms with van der Waals surface area (Å²) in [4.78, 5) is 4.75. The molecular formula is C34H29NO. The van der Waals surface area contributed by atoms with E-state index in [0.717, 1.165) is 44.3 Å². The number of hydrogen-bond acceptors (Lipinski definition) is 2. The smallest absolute Gasteiger partial charge is 0.145 e. The minimum atomic E-state index is 0.136. The van der Waals surface area contributed by atoms with Crippen molar-refractivity contribution in [1.82, 2.24) is 4.98 Å². The van der Waals surface area contributed by atoms with Crippen LogP contribution in [0.15, 0.2) is 108 Å². The number of rotatable bonds is 3. The van der Waals surface area contributed by atoms with Gasteiger partial charge >= 0.3 is 0 Å². The summed E-state index contributed by atoms with van der Waals surface area (Å²) in [5, 5.41) is 2.29. The van der Waals surface area contributed by atoms with Crippen molar-refractivity contribution in [2.24, 2.45) is 0 Å². The van der Waals surface area contributed by atoms with Crippen LogP contribution in [0.25, 0.3) is 55.4 Å². The lowest BCUT2D eigenvalue weighted by Gasteiger charge is -2.19. The van der Waals surface area contributed by atoms with Gasteiger partial charge in [0.2, 0.25) is 0 Å². The van der Waals surface area contributed by atoms with Gasteiger partial charge in [-0.1, -0.05) is 87.5 Å². The molecule has 0 spiro atoms. The van der Waals surface area contributed by atoms with Crippen molar-refractivity contribution in [2.75, 3.05) is 0 Å². The highest BCUT2D eigenvalue weighted by Gasteiger charge is 2.17. The standard InChI is InChI=1S/C34H29NO/c1-22-10-16-28(30-20-26(18-19-35-30)24-11-14-27(15-12-24)34(2,3)4)33-32(22)29-17-13-25(21-31(29)36-33)23-8-6-5-7-9-23/h5-21H,1-4H3. The molecule has 176 valence electrons. The first-order chi connectivity index (χ1) is 17.4. The van der Waals surface area contributed by atoms with Crippen LogP contribution < -0.4 is 0 Å². The lowest BCUT2D eigenvalue weighted by molar-refractivity contribution is 0.590. The molecule has 0 N–H and O–H groups in total. The van der Waals surface area contributed by atoms with Crippen LogP contribution >= 0.6 is 0 Å². The van der Waals surface area contributed by atoms with Gasteiger partial charge in [-0.25, -0.2) is 0 Å². The molecule has 2 heterocycles. The van der Waals surface area contributed by atoms with Gasteiger partial charge in [-0.15, -0.1) is 0 Å². The molecule has 6 aromatic rings. The van der Waals surface area contributed by atoms with Gasteiger partial charge in [-0.05, 0) is 76.1 Å². The summed E-state index contributed by atoms with van der Waals surface area (Å²) in [7, 11) is 0. The normalized spacial score (nSPS) is 11.9. The lowest BCUT2D eigenvalue weighted by Crippen LogP contribution is -2.10. The second-order valence-electron chi connectivity index (χ2n) is 10.6. The van der Waals surface area contributed by atoms with E-state index in [1.54, 1.807) is 0 Å². The molecule has 36 heavy (non-hydrogen) atoms. The minimum Gasteiger partial charge on any atom is -0.455 e. The van der Waals surface area contributed by atoms with Gasteiger partial charge in [0.05, 0.1) is 5.69 Å². The molecule has 2 heteroatoms. The zero-order valence-electron chi connectivity index (χ0n) is 21.2. The summed E-state index contributed by atoms with van der Waals surface area (Å²) in [5.74, 6) is 0. The zero-order chi connectivity index (χ0) is 24.9. The summed E-state index contributed by atoms with van der Waals surface area (Å²) in [5.41, 5.74) is 11.1. The molecule has 0 saturated heterocycles. The van der Waals surface area contributed by atoms with Crippen LogP contribution in [0.4, 0.5) is 0 Å². The maximum absolute atomic E-state index is 6.54. The van der Waals surface area contributed by atoms with Crippen LogP contribution in [0, 0.1) is 6.92 Å². The summed E-state index contributed by atoms with van der Waals surface area (Å²) in [6.45, 7) is 8.87. The molecule has 0 saturated carbocycles. The van der Waals surface area contributed by atoms with Crippen molar-refractivity contribution < 1.29 is 4.42 Å². The number of pyridine rings is 1. The van der Waals surface area contributed by atoms with E-state index in [0.29, 0.717) is 0 Å². The highest BCUT2D eigenvalue weighted by atomic mass is 16.3. The van der Waals surface area contributed by atoms with E-state index in [1.807, 2.05) is 12.3 Å². The van der Waals surface area contributed by atoms with Crippen molar-refractivity contribution in [3.8, 4) is 33.5 Å². The van der Waals surface area contributed by atoms with Gasteiger partial charge in [0.25, 0.3) is 0 Å². The fourth-order valence-electron chi connectivity index (χ4n) is 4.98. The quantitative estimate of drug-likeness (QED) is 0.259. The van der Waals surface area contributed by atoms with Gasteiger partial charge in [-0.3, -0.25) is 4.98 Å². The van der Waals surface area contributed by atoms with Gasteiger partial charge in [0, 0.05) is 22.5 Å². The fraction of sp³-hybridized carbons (Fsp3) is 0.147. The van der Waals surface area contributed by atoms with Crippen molar-refractivity contribution in [1.29, 1.82) is 0 Å². The Hall–Kier alpha value is -4.17. The van der Waals surface area contributed by atoms with E-state index in [4.69, 9.17) is 9.40 Å². The Labute approximate surface area is 212 Å². The third-order valence-electron chi connectivity index (χ3n) is 7.06. The molecule has 2 nitrogen and oxygen atoms in total. The van der Waals surface area contributed by atoms with Gasteiger partial charge in [0.1, 0.15) is 11.2 Å². The van der Waals surface area contributed by atoms with Gasteiger partial charge in [0.15, 0.2) is 0 Å². The van der Waals surface area contributed by atoms with Crippen LogP contribution in [-0.4, -0.2) is 4.98 Å². The van der Waals surface area contributed by atoms with E-state index in [9.17, 15) is 0 Å². The predicted octanol–water partition coefficient (Wildman–Crippen LogP) is 9.59. The molecule has 0 bridgehead atoms. The Kier molecular flexibility index (Phi) is 5.26. The molecule has 0 fully saturated rings. The topological polar surface area (TPSA) is 26.0 Å². The molecule has 6 rings (SSSR count). The van der Waals surface area contributed by atoms with E-state index in [1.165, 1.54) is 22.3 Å². The fourth-order valence-corrected chi connectivity index (χ4v) is 4.98. The molecule has 0 aliphatic rings. The molecular weight excluding hydrogens is 438 g/mol. The van der Waals surface area contributed by atoms with E-state index in [2.05, 4.69) is 119 Å². The van der Waals surface area contributed by atoms with Crippen LogP contribution in [0.5, 0.6) is 0 Å². The molecule has 0 radical (unpaired) electrons. The van der Waals surface area contributed by atoms with Crippen LogP contribution in [0.1, 0.15) is 31.9 Å². The van der Waals surface area contributed by atoms with Crippen LogP contribution in [-0.2, 0) is 5.41 Å². The minimum absolute atomic E-state index is 0.136. The second kappa shape index (κ2) is 8.49. The summed E-state index contributed by atoms with van der Waals surface area (Å²) >= 11 is 0. The first-order valence-corrected chi connectivity index (χ1v) is 12.5. The molecule has 0 aliphatic heterocycles. The van der Waals surface area contributed by atoms with E-state index >= 15 is 0 Å². The number of aromatic nitrogens is 1. The number of furan rings is 1. The Morgan fingerprint density at radius 1 is 0.667 bits per heavy atom.